The van der Waals surface area contributed by atoms with Crippen molar-refractivity contribution < 1.29 is 0 Å². The van der Waals surface area contributed by atoms with E-state index in [1.807, 2.05) is 26.1 Å². The van der Waals surface area contributed by atoms with E-state index in [4.69, 9.17) is 0 Å². The van der Waals surface area contributed by atoms with E-state index < -0.39 is 0 Å². The van der Waals surface area contributed by atoms with Gasteiger partial charge in [-0.3, -0.25) is 4.98 Å². The fourth-order valence-corrected chi connectivity index (χ4v) is 1.55. The molecule has 0 N–H and O–H groups in total. The highest BCUT2D eigenvalue weighted by Crippen LogP contribution is 2.17. The number of rotatable bonds is 1. The smallest absolute Gasteiger partial charge is 0.0912 e. The summed E-state index contributed by atoms with van der Waals surface area (Å²) in [5, 5.41) is 0. The fourth-order valence-electron chi connectivity index (χ4n) is 1.55. The van der Waals surface area contributed by atoms with Crippen molar-refractivity contribution in [1.29, 1.82) is 0 Å². The zero-order chi connectivity index (χ0) is 10.6. The SMILES string of the molecule is CC.CCc1cn(C)c2cccnc12. The molecule has 0 saturated carbocycles. The van der Waals surface area contributed by atoms with Crippen molar-refractivity contribution in [1.82, 2.24) is 9.55 Å². The zero-order valence-corrected chi connectivity index (χ0v) is 9.41. The van der Waals surface area contributed by atoms with Crippen molar-refractivity contribution in [2.45, 2.75) is 27.2 Å². The van der Waals surface area contributed by atoms with Gasteiger partial charge in [0.1, 0.15) is 0 Å². The van der Waals surface area contributed by atoms with Gasteiger partial charge in [-0.2, -0.15) is 0 Å². The number of pyridine rings is 1. The zero-order valence-electron chi connectivity index (χ0n) is 9.41. The Hall–Kier alpha value is -1.31. The van der Waals surface area contributed by atoms with Gasteiger partial charge in [-0.05, 0) is 24.1 Å². The number of aryl methyl sites for hydroxylation is 2. The van der Waals surface area contributed by atoms with Crippen LogP contribution in [0, 0.1) is 0 Å². The topological polar surface area (TPSA) is 17.8 Å². The molecular formula is C12H18N2. The third-order valence-electron chi connectivity index (χ3n) is 2.20. The molecule has 2 aromatic rings. The maximum Gasteiger partial charge on any atom is 0.0912 e. The van der Waals surface area contributed by atoms with Crippen LogP contribution in [0.25, 0.3) is 11.0 Å². The summed E-state index contributed by atoms with van der Waals surface area (Å²) < 4.78 is 2.13. The molecule has 0 spiro atoms. The Labute approximate surface area is 85.6 Å². The third-order valence-corrected chi connectivity index (χ3v) is 2.20. The van der Waals surface area contributed by atoms with Gasteiger partial charge in [-0.25, -0.2) is 0 Å². The summed E-state index contributed by atoms with van der Waals surface area (Å²) in [6.45, 7) is 6.16. The predicted octanol–water partition coefficient (Wildman–Crippen LogP) is 3.16. The molecule has 0 aromatic carbocycles. The Kier molecular flexibility index (Phi) is 3.69. The van der Waals surface area contributed by atoms with E-state index in [1.54, 1.807) is 0 Å². The molecule has 2 heteroatoms. The van der Waals surface area contributed by atoms with Gasteiger partial charge in [-0.15, -0.1) is 0 Å². The lowest BCUT2D eigenvalue weighted by molar-refractivity contribution is 0.954. The maximum atomic E-state index is 4.35. The fraction of sp³-hybridized carbons (Fsp3) is 0.417. The Balaban J connectivity index is 0.000000461. The normalized spacial score (nSPS) is 9.71. The van der Waals surface area contributed by atoms with Crippen molar-refractivity contribution >= 4 is 11.0 Å². The van der Waals surface area contributed by atoms with Crippen molar-refractivity contribution in [2.75, 3.05) is 0 Å². The standard InChI is InChI=1S/C10H12N2.C2H6/c1-3-8-7-12(2)9-5-4-6-11-10(8)9;1-2/h4-7H,3H2,1-2H3;1-2H3. The third kappa shape index (κ3) is 1.79. The van der Waals surface area contributed by atoms with Gasteiger partial charge in [0.15, 0.2) is 0 Å². The molecule has 2 nitrogen and oxygen atoms in total. The average molecular weight is 190 g/mol. The summed E-state index contributed by atoms with van der Waals surface area (Å²) in [5.41, 5.74) is 3.69. The molecule has 2 heterocycles. The Morgan fingerprint density at radius 3 is 2.71 bits per heavy atom. The monoisotopic (exact) mass is 190 g/mol. The van der Waals surface area contributed by atoms with Gasteiger partial charge in [-0.1, -0.05) is 20.8 Å². The highest BCUT2D eigenvalue weighted by atomic mass is 14.9. The molecule has 0 fully saturated rings. The van der Waals surface area contributed by atoms with E-state index in [-0.39, 0.29) is 0 Å². The van der Waals surface area contributed by atoms with Gasteiger partial charge < -0.3 is 4.57 Å². The summed E-state index contributed by atoms with van der Waals surface area (Å²) in [5.74, 6) is 0. The second kappa shape index (κ2) is 4.80. The summed E-state index contributed by atoms with van der Waals surface area (Å²) in [7, 11) is 2.06. The molecular weight excluding hydrogens is 172 g/mol. The average Bonchev–Trinajstić information content (AvgIpc) is 2.59. The second-order valence-electron chi connectivity index (χ2n) is 2.99. The number of hydrogen-bond donors (Lipinski definition) is 0. The highest BCUT2D eigenvalue weighted by molar-refractivity contribution is 5.79. The van der Waals surface area contributed by atoms with Gasteiger partial charge >= 0.3 is 0 Å². The van der Waals surface area contributed by atoms with Gasteiger partial charge in [0.2, 0.25) is 0 Å². The molecule has 2 aromatic heterocycles. The van der Waals surface area contributed by atoms with E-state index >= 15 is 0 Å². The Bertz CT molecular complexity index is 402. The quantitative estimate of drug-likeness (QED) is 0.675. The molecule has 0 aliphatic heterocycles. The molecule has 0 unspecified atom stereocenters. The van der Waals surface area contributed by atoms with Crippen LogP contribution in [0.5, 0.6) is 0 Å². The van der Waals surface area contributed by atoms with Crippen molar-refractivity contribution in [3.05, 3.63) is 30.1 Å². The van der Waals surface area contributed by atoms with E-state index in [0.717, 1.165) is 11.9 Å². The lowest BCUT2D eigenvalue weighted by Gasteiger charge is -1.92. The van der Waals surface area contributed by atoms with Crippen LogP contribution in [0.3, 0.4) is 0 Å². The van der Waals surface area contributed by atoms with Crippen molar-refractivity contribution in [3.8, 4) is 0 Å². The minimum absolute atomic E-state index is 1.05. The van der Waals surface area contributed by atoms with E-state index in [0.29, 0.717) is 0 Å². The Morgan fingerprint density at radius 2 is 2.07 bits per heavy atom. The molecule has 2 rings (SSSR count). The first-order valence-corrected chi connectivity index (χ1v) is 5.22. The molecule has 14 heavy (non-hydrogen) atoms. The van der Waals surface area contributed by atoms with Crippen LogP contribution in [0.4, 0.5) is 0 Å². The maximum absolute atomic E-state index is 4.35. The van der Waals surface area contributed by atoms with E-state index in [2.05, 4.69) is 35.8 Å². The van der Waals surface area contributed by atoms with Crippen molar-refractivity contribution in [2.24, 2.45) is 7.05 Å². The molecule has 76 valence electrons. The lowest BCUT2D eigenvalue weighted by atomic mass is 10.2. The van der Waals surface area contributed by atoms with Crippen molar-refractivity contribution in [3.63, 3.8) is 0 Å². The van der Waals surface area contributed by atoms with Crippen LogP contribution in [-0.2, 0) is 13.5 Å². The van der Waals surface area contributed by atoms with E-state index in [1.165, 1.54) is 11.1 Å². The molecule has 0 aliphatic carbocycles. The molecule has 0 aliphatic rings. The first-order chi connectivity index (χ1) is 6.83. The highest BCUT2D eigenvalue weighted by Gasteiger charge is 2.03. The Morgan fingerprint density at radius 1 is 1.36 bits per heavy atom. The summed E-state index contributed by atoms with van der Waals surface area (Å²) in [6, 6.07) is 4.07. The summed E-state index contributed by atoms with van der Waals surface area (Å²) >= 11 is 0. The van der Waals surface area contributed by atoms with Gasteiger partial charge in [0, 0.05) is 19.4 Å². The summed E-state index contributed by atoms with van der Waals surface area (Å²) in [4.78, 5) is 4.35. The number of aromatic nitrogens is 2. The molecule has 0 amide bonds. The van der Waals surface area contributed by atoms with Gasteiger partial charge in [0.25, 0.3) is 0 Å². The van der Waals surface area contributed by atoms with Crippen LogP contribution >= 0.6 is 0 Å². The first kappa shape index (κ1) is 10.8. The first-order valence-electron chi connectivity index (χ1n) is 5.22. The van der Waals surface area contributed by atoms with Crippen LogP contribution in [0.2, 0.25) is 0 Å². The lowest BCUT2D eigenvalue weighted by Crippen LogP contribution is -1.82. The number of hydrogen-bond acceptors (Lipinski definition) is 1. The largest absolute Gasteiger partial charge is 0.349 e. The van der Waals surface area contributed by atoms with E-state index in [9.17, 15) is 0 Å². The van der Waals surface area contributed by atoms with Crippen LogP contribution in [-0.4, -0.2) is 9.55 Å². The second-order valence-corrected chi connectivity index (χ2v) is 2.99. The molecule has 0 saturated heterocycles. The van der Waals surface area contributed by atoms with Gasteiger partial charge in [0.05, 0.1) is 11.0 Å². The molecule has 0 radical (unpaired) electrons. The van der Waals surface area contributed by atoms with Crippen LogP contribution < -0.4 is 0 Å². The minimum Gasteiger partial charge on any atom is -0.349 e. The van der Waals surface area contributed by atoms with Crippen LogP contribution in [0.15, 0.2) is 24.5 Å². The molecule has 0 atom stereocenters. The number of fused-ring (bicyclic) bond motifs is 1. The summed E-state index contributed by atoms with van der Waals surface area (Å²) in [6.07, 6.45) is 5.05. The molecule has 0 bridgehead atoms. The van der Waals surface area contributed by atoms with Crippen LogP contribution in [0.1, 0.15) is 26.3 Å². The minimum atomic E-state index is 1.05. The number of nitrogens with zero attached hydrogens (tertiary/aromatic N) is 2. The predicted molar refractivity (Wildman–Crippen MR) is 61.4 cm³/mol.